The number of benzene rings is 10. The number of para-hydroxylation sites is 1. The maximum absolute atomic E-state index is 5.50. The van der Waals surface area contributed by atoms with Gasteiger partial charge in [0.2, 0.25) is 0 Å². The number of thiophene rings is 1. The Balaban J connectivity index is 1.08. The van der Waals surface area contributed by atoms with Crippen molar-refractivity contribution < 1.29 is 0 Å². The zero-order valence-electron chi connectivity index (χ0n) is 33.6. The molecular weight excluding hydrogens is 771 g/mol. The highest BCUT2D eigenvalue weighted by atomic mass is 32.1. The number of aromatic nitrogens is 2. The highest BCUT2D eigenvalue weighted by molar-refractivity contribution is 7.25. The van der Waals surface area contributed by atoms with Crippen molar-refractivity contribution in [2.45, 2.75) is 0 Å². The first-order valence-corrected chi connectivity index (χ1v) is 21.8. The first-order valence-electron chi connectivity index (χ1n) is 21.0. The molecule has 0 unspecified atom stereocenters. The summed E-state index contributed by atoms with van der Waals surface area (Å²) in [5, 5.41) is 7.05. The van der Waals surface area contributed by atoms with Crippen LogP contribution in [-0.2, 0) is 0 Å². The lowest BCUT2D eigenvalue weighted by Crippen LogP contribution is -2.11. The standard InChI is InChI=1S/C58H37N3S/c1-4-15-38(16-5-1)42-21-14-22-43(35-42)47-23-10-12-25-52(47)61(46-31-34-54-50(37-46)49-24-11-13-26-53(49)62-54)45-30-32-48-44(36-45)28-27-39-29-33-51-58(55(39)48)60-57(41-19-8-3-9-20-41)56(59-51)40-17-6-2-7-18-40/h1-37H. The van der Waals surface area contributed by atoms with Crippen LogP contribution in [0.15, 0.2) is 224 Å². The summed E-state index contributed by atoms with van der Waals surface area (Å²) in [6, 6.07) is 80.5. The maximum atomic E-state index is 5.50. The highest BCUT2D eigenvalue weighted by Crippen LogP contribution is 2.46. The molecule has 0 radical (unpaired) electrons. The van der Waals surface area contributed by atoms with Gasteiger partial charge in [-0.25, -0.2) is 9.97 Å². The SMILES string of the molecule is c1ccc(-c2cccc(-c3ccccc3N(c3ccc4c(ccc5ccc6nc(-c7ccccc7)c(-c7ccccc7)nc6c54)c3)c3ccc4sc5ccccc5c4c3)c2)cc1. The summed E-state index contributed by atoms with van der Waals surface area (Å²) >= 11 is 1.85. The number of anilines is 3. The molecule has 12 aromatic rings. The van der Waals surface area contributed by atoms with Crippen LogP contribution in [0.4, 0.5) is 17.1 Å². The maximum Gasteiger partial charge on any atom is 0.0979 e. The van der Waals surface area contributed by atoms with Crippen LogP contribution in [-0.4, -0.2) is 9.97 Å². The van der Waals surface area contributed by atoms with E-state index in [0.717, 1.165) is 83.3 Å². The number of hydrogen-bond acceptors (Lipinski definition) is 4. The van der Waals surface area contributed by atoms with E-state index in [0.29, 0.717) is 0 Å². The van der Waals surface area contributed by atoms with Gasteiger partial charge in [-0.3, -0.25) is 0 Å². The topological polar surface area (TPSA) is 29.0 Å². The summed E-state index contributed by atoms with van der Waals surface area (Å²) in [5.74, 6) is 0. The van der Waals surface area contributed by atoms with Gasteiger partial charge in [0.25, 0.3) is 0 Å². The lowest BCUT2D eigenvalue weighted by Gasteiger charge is -2.28. The third-order valence-corrected chi connectivity index (χ3v) is 13.2. The van der Waals surface area contributed by atoms with Gasteiger partial charge in [0.05, 0.1) is 28.1 Å². The average molecular weight is 808 g/mol. The van der Waals surface area contributed by atoms with E-state index in [2.05, 4.69) is 217 Å². The molecule has 2 aromatic heterocycles. The van der Waals surface area contributed by atoms with Gasteiger partial charge >= 0.3 is 0 Å². The van der Waals surface area contributed by atoms with Crippen molar-refractivity contribution in [2.75, 3.05) is 4.90 Å². The Morgan fingerprint density at radius 1 is 0.355 bits per heavy atom. The summed E-state index contributed by atoms with van der Waals surface area (Å²) < 4.78 is 2.57. The molecule has 62 heavy (non-hydrogen) atoms. The molecule has 0 saturated carbocycles. The van der Waals surface area contributed by atoms with E-state index in [9.17, 15) is 0 Å². The molecular formula is C58H37N3S. The Labute approximate surface area is 363 Å². The second-order valence-corrected chi connectivity index (χ2v) is 16.8. The van der Waals surface area contributed by atoms with Crippen LogP contribution in [0, 0.1) is 0 Å². The van der Waals surface area contributed by atoms with E-state index in [1.165, 1.54) is 31.3 Å². The Bertz CT molecular complexity index is 3640. The van der Waals surface area contributed by atoms with Crippen LogP contribution in [0.25, 0.3) is 97.5 Å². The summed E-state index contributed by atoms with van der Waals surface area (Å²) in [6.07, 6.45) is 0. The van der Waals surface area contributed by atoms with Crippen LogP contribution in [0.1, 0.15) is 0 Å². The molecule has 290 valence electrons. The zero-order chi connectivity index (χ0) is 41.0. The molecule has 0 aliphatic rings. The largest absolute Gasteiger partial charge is 0.310 e. The lowest BCUT2D eigenvalue weighted by molar-refractivity contribution is 1.29. The predicted octanol–water partition coefficient (Wildman–Crippen LogP) is 16.4. The molecule has 3 nitrogen and oxygen atoms in total. The fourth-order valence-corrected chi connectivity index (χ4v) is 10.2. The van der Waals surface area contributed by atoms with Crippen molar-refractivity contribution in [1.29, 1.82) is 0 Å². The minimum absolute atomic E-state index is 0.872. The number of fused-ring (bicyclic) bond motifs is 8. The van der Waals surface area contributed by atoms with Gasteiger partial charge in [0.1, 0.15) is 0 Å². The minimum Gasteiger partial charge on any atom is -0.310 e. The quantitative estimate of drug-likeness (QED) is 0.150. The molecule has 0 aliphatic carbocycles. The van der Waals surface area contributed by atoms with Crippen LogP contribution in [0.2, 0.25) is 0 Å². The van der Waals surface area contributed by atoms with Gasteiger partial charge in [-0.15, -0.1) is 11.3 Å². The fraction of sp³-hybridized carbons (Fsp3) is 0. The molecule has 4 heteroatoms. The zero-order valence-corrected chi connectivity index (χ0v) is 34.4. The number of hydrogen-bond donors (Lipinski definition) is 0. The summed E-state index contributed by atoms with van der Waals surface area (Å²) in [7, 11) is 0. The van der Waals surface area contributed by atoms with Gasteiger partial charge in [-0.05, 0) is 87.4 Å². The Morgan fingerprint density at radius 2 is 0.952 bits per heavy atom. The van der Waals surface area contributed by atoms with Crippen molar-refractivity contribution in [3.05, 3.63) is 224 Å². The molecule has 0 atom stereocenters. The fourth-order valence-electron chi connectivity index (χ4n) is 9.08. The van der Waals surface area contributed by atoms with Gasteiger partial charge < -0.3 is 4.90 Å². The monoisotopic (exact) mass is 807 g/mol. The second-order valence-electron chi connectivity index (χ2n) is 15.7. The molecule has 0 N–H and O–H groups in total. The molecule has 0 amide bonds. The normalized spacial score (nSPS) is 11.5. The van der Waals surface area contributed by atoms with Crippen molar-refractivity contribution in [3.8, 4) is 44.8 Å². The van der Waals surface area contributed by atoms with Crippen molar-refractivity contribution in [3.63, 3.8) is 0 Å². The van der Waals surface area contributed by atoms with Crippen LogP contribution in [0.5, 0.6) is 0 Å². The Kier molecular flexibility index (Phi) is 8.68. The van der Waals surface area contributed by atoms with E-state index < -0.39 is 0 Å². The first-order chi connectivity index (χ1) is 30.7. The third kappa shape index (κ3) is 6.20. The van der Waals surface area contributed by atoms with Crippen LogP contribution in [0.3, 0.4) is 0 Å². The molecule has 12 rings (SSSR count). The molecule has 0 bridgehead atoms. The summed E-state index contributed by atoms with van der Waals surface area (Å²) in [5.41, 5.74) is 13.6. The third-order valence-electron chi connectivity index (χ3n) is 12.0. The van der Waals surface area contributed by atoms with E-state index >= 15 is 0 Å². The van der Waals surface area contributed by atoms with Gasteiger partial charge in [0.15, 0.2) is 0 Å². The van der Waals surface area contributed by atoms with Crippen LogP contribution >= 0.6 is 11.3 Å². The van der Waals surface area contributed by atoms with E-state index in [1.807, 2.05) is 23.5 Å². The smallest absolute Gasteiger partial charge is 0.0979 e. The Morgan fingerprint density at radius 3 is 1.76 bits per heavy atom. The van der Waals surface area contributed by atoms with Gasteiger partial charge in [-0.1, -0.05) is 170 Å². The van der Waals surface area contributed by atoms with Gasteiger partial charge in [0, 0.05) is 53.6 Å². The summed E-state index contributed by atoms with van der Waals surface area (Å²) in [4.78, 5) is 13.3. The molecule has 0 saturated heterocycles. The molecule has 0 spiro atoms. The van der Waals surface area contributed by atoms with Crippen molar-refractivity contribution in [2.24, 2.45) is 0 Å². The minimum atomic E-state index is 0.872. The van der Waals surface area contributed by atoms with Crippen molar-refractivity contribution >= 4 is 81.1 Å². The van der Waals surface area contributed by atoms with E-state index in [1.54, 1.807) is 0 Å². The average Bonchev–Trinajstić information content (AvgIpc) is 3.72. The molecule has 0 aliphatic heterocycles. The molecule has 10 aromatic carbocycles. The predicted molar refractivity (Wildman–Crippen MR) is 264 cm³/mol. The van der Waals surface area contributed by atoms with Gasteiger partial charge in [-0.2, -0.15) is 0 Å². The van der Waals surface area contributed by atoms with Crippen molar-refractivity contribution in [1.82, 2.24) is 9.97 Å². The first kappa shape index (κ1) is 36.0. The number of nitrogens with zero attached hydrogens (tertiary/aromatic N) is 3. The molecule has 2 heterocycles. The summed E-state index contributed by atoms with van der Waals surface area (Å²) in [6.45, 7) is 0. The number of rotatable bonds is 7. The highest BCUT2D eigenvalue weighted by Gasteiger charge is 2.21. The van der Waals surface area contributed by atoms with E-state index in [-0.39, 0.29) is 0 Å². The second kappa shape index (κ2) is 15.0. The van der Waals surface area contributed by atoms with Crippen LogP contribution < -0.4 is 4.90 Å². The molecule has 0 fully saturated rings. The Hall–Kier alpha value is -7.92. The lowest BCUT2D eigenvalue weighted by atomic mass is 9.96. The van der Waals surface area contributed by atoms with E-state index in [4.69, 9.17) is 9.97 Å².